The van der Waals surface area contributed by atoms with Gasteiger partial charge in [-0.1, -0.05) is 0 Å². The largest absolute Gasteiger partial charge is 0.574 e. The van der Waals surface area contributed by atoms with Gasteiger partial charge in [0.05, 0.1) is 17.4 Å². The van der Waals surface area contributed by atoms with Crippen molar-refractivity contribution >= 4 is 11.7 Å². The number of nitrogen functional groups attached to an aromatic ring is 1. The molecule has 0 bridgehead atoms. The molecule has 0 aliphatic carbocycles. The van der Waals surface area contributed by atoms with Gasteiger partial charge in [0.2, 0.25) is 5.88 Å². The van der Waals surface area contributed by atoms with Crippen LogP contribution in [0.1, 0.15) is 15.9 Å². The first-order valence-corrected chi connectivity index (χ1v) is 4.22. The van der Waals surface area contributed by atoms with Crippen LogP contribution in [0, 0.1) is 0 Å². The van der Waals surface area contributed by atoms with Crippen molar-refractivity contribution in [3.05, 3.63) is 17.3 Å². The number of aromatic carboxylic acids is 1. The van der Waals surface area contributed by atoms with Gasteiger partial charge in [-0.15, -0.1) is 13.2 Å². The standard InChI is InChI=1S/C8H8F3N3O3/c9-8(10,11)17-6-3(1-12)5(7(15)16)4(13)2-14-6/h2H,1,12-13H2,(H,15,16). The molecule has 1 aromatic rings. The maximum absolute atomic E-state index is 12.0. The van der Waals surface area contributed by atoms with Gasteiger partial charge in [0.1, 0.15) is 0 Å². The van der Waals surface area contributed by atoms with Gasteiger partial charge in [0, 0.05) is 12.1 Å². The molecule has 1 rings (SSSR count). The van der Waals surface area contributed by atoms with Crippen LogP contribution >= 0.6 is 0 Å². The average molecular weight is 251 g/mol. The fourth-order valence-corrected chi connectivity index (χ4v) is 1.19. The Morgan fingerprint density at radius 3 is 2.53 bits per heavy atom. The van der Waals surface area contributed by atoms with E-state index in [0.29, 0.717) is 0 Å². The molecular weight excluding hydrogens is 243 g/mol. The third kappa shape index (κ3) is 2.97. The maximum atomic E-state index is 12.0. The Kier molecular flexibility index (Phi) is 3.42. The Morgan fingerprint density at radius 1 is 1.53 bits per heavy atom. The lowest BCUT2D eigenvalue weighted by molar-refractivity contribution is -0.276. The van der Waals surface area contributed by atoms with Crippen molar-refractivity contribution in [1.29, 1.82) is 0 Å². The number of nitrogens with zero attached hydrogens (tertiary/aromatic N) is 1. The third-order valence-electron chi connectivity index (χ3n) is 1.80. The molecule has 0 aliphatic heterocycles. The Bertz CT molecular complexity index is 448. The minimum Gasteiger partial charge on any atom is -0.478 e. The molecule has 0 spiro atoms. The Morgan fingerprint density at radius 2 is 2.12 bits per heavy atom. The summed E-state index contributed by atoms with van der Waals surface area (Å²) in [5.41, 5.74) is 9.23. The van der Waals surface area contributed by atoms with Crippen molar-refractivity contribution in [2.45, 2.75) is 12.9 Å². The second-order valence-electron chi connectivity index (χ2n) is 2.93. The van der Waals surface area contributed by atoms with Crippen molar-refractivity contribution < 1.29 is 27.8 Å². The summed E-state index contributed by atoms with van der Waals surface area (Å²) >= 11 is 0. The predicted octanol–water partition coefficient (Wildman–Crippen LogP) is 0.719. The van der Waals surface area contributed by atoms with Gasteiger partial charge in [-0.3, -0.25) is 0 Å². The number of nitrogens with two attached hydrogens (primary N) is 2. The molecule has 9 heteroatoms. The molecule has 0 saturated heterocycles. The van der Waals surface area contributed by atoms with Crippen LogP contribution in [0.5, 0.6) is 5.88 Å². The molecule has 17 heavy (non-hydrogen) atoms. The molecule has 0 unspecified atom stereocenters. The number of rotatable bonds is 3. The van der Waals surface area contributed by atoms with Crippen LogP contribution in [0.25, 0.3) is 0 Å². The number of ether oxygens (including phenoxy) is 1. The fraction of sp³-hybridized carbons (Fsp3) is 0.250. The van der Waals surface area contributed by atoms with Crippen LogP contribution in [-0.4, -0.2) is 22.4 Å². The lowest BCUT2D eigenvalue weighted by atomic mass is 10.1. The van der Waals surface area contributed by atoms with Gasteiger partial charge in [-0.25, -0.2) is 9.78 Å². The van der Waals surface area contributed by atoms with Crippen LogP contribution < -0.4 is 16.2 Å². The summed E-state index contributed by atoms with van der Waals surface area (Å²) < 4.78 is 39.6. The first-order chi connectivity index (χ1) is 7.76. The minimum atomic E-state index is -4.98. The molecule has 0 fully saturated rings. The lowest BCUT2D eigenvalue weighted by Crippen LogP contribution is -2.21. The van der Waals surface area contributed by atoms with E-state index in [1.54, 1.807) is 0 Å². The van der Waals surface area contributed by atoms with E-state index >= 15 is 0 Å². The highest BCUT2D eigenvalue weighted by molar-refractivity contribution is 5.95. The van der Waals surface area contributed by atoms with E-state index in [1.165, 1.54) is 0 Å². The second-order valence-corrected chi connectivity index (χ2v) is 2.93. The number of alkyl halides is 3. The zero-order chi connectivity index (χ0) is 13.2. The lowest BCUT2D eigenvalue weighted by Gasteiger charge is -2.14. The smallest absolute Gasteiger partial charge is 0.478 e. The zero-order valence-corrected chi connectivity index (χ0v) is 8.28. The van der Waals surface area contributed by atoms with Gasteiger partial charge in [-0.2, -0.15) is 0 Å². The Balaban J connectivity index is 3.33. The molecule has 1 aromatic heterocycles. The molecule has 94 valence electrons. The van der Waals surface area contributed by atoms with E-state index in [4.69, 9.17) is 16.6 Å². The van der Waals surface area contributed by atoms with Crippen molar-refractivity contribution in [2.75, 3.05) is 5.73 Å². The number of aromatic nitrogens is 1. The summed E-state index contributed by atoms with van der Waals surface area (Å²) in [4.78, 5) is 14.1. The molecule has 1 heterocycles. The molecule has 0 amide bonds. The van der Waals surface area contributed by atoms with Crippen molar-refractivity contribution in [3.8, 4) is 5.88 Å². The number of carboxylic acid groups (broad SMARTS) is 1. The quantitative estimate of drug-likeness (QED) is 0.729. The number of hydrogen-bond donors (Lipinski definition) is 3. The van der Waals surface area contributed by atoms with E-state index in [0.717, 1.165) is 6.20 Å². The SMILES string of the molecule is NCc1c(OC(F)(F)F)ncc(N)c1C(=O)O. The average Bonchev–Trinajstić information content (AvgIpc) is 2.17. The molecule has 0 atom stereocenters. The van der Waals surface area contributed by atoms with E-state index < -0.39 is 35.9 Å². The van der Waals surface area contributed by atoms with Crippen molar-refractivity contribution in [3.63, 3.8) is 0 Å². The summed E-state index contributed by atoms with van der Waals surface area (Å²) in [5, 5.41) is 8.80. The van der Waals surface area contributed by atoms with Crippen LogP contribution in [0.3, 0.4) is 0 Å². The van der Waals surface area contributed by atoms with Crippen molar-refractivity contribution in [2.24, 2.45) is 5.73 Å². The predicted molar refractivity (Wildman–Crippen MR) is 50.2 cm³/mol. The van der Waals surface area contributed by atoms with Crippen molar-refractivity contribution in [1.82, 2.24) is 4.98 Å². The van der Waals surface area contributed by atoms with E-state index in [9.17, 15) is 18.0 Å². The fourth-order valence-electron chi connectivity index (χ4n) is 1.19. The Labute approximate surface area is 93.0 Å². The molecule has 5 N–H and O–H groups in total. The molecule has 0 aliphatic rings. The van der Waals surface area contributed by atoms with E-state index in [1.807, 2.05) is 0 Å². The zero-order valence-electron chi connectivity index (χ0n) is 8.28. The first kappa shape index (κ1) is 13.0. The monoisotopic (exact) mass is 251 g/mol. The van der Waals surface area contributed by atoms with Gasteiger partial charge in [0.25, 0.3) is 0 Å². The van der Waals surface area contributed by atoms with Gasteiger partial charge < -0.3 is 21.3 Å². The van der Waals surface area contributed by atoms with E-state index in [2.05, 4.69) is 9.72 Å². The van der Waals surface area contributed by atoms with Crippen LogP contribution in [0.4, 0.5) is 18.9 Å². The molecule has 6 nitrogen and oxygen atoms in total. The summed E-state index contributed by atoms with van der Waals surface area (Å²) in [6.45, 7) is -0.495. The first-order valence-electron chi connectivity index (χ1n) is 4.22. The van der Waals surface area contributed by atoms with Crippen LogP contribution in [-0.2, 0) is 6.54 Å². The Hall–Kier alpha value is -2.03. The highest BCUT2D eigenvalue weighted by Gasteiger charge is 2.34. The highest BCUT2D eigenvalue weighted by atomic mass is 19.4. The summed E-state index contributed by atoms with van der Waals surface area (Å²) in [6.07, 6.45) is -4.22. The summed E-state index contributed by atoms with van der Waals surface area (Å²) in [6, 6.07) is 0. The molecule has 0 saturated carbocycles. The normalized spacial score (nSPS) is 11.3. The van der Waals surface area contributed by atoms with E-state index in [-0.39, 0.29) is 5.69 Å². The van der Waals surface area contributed by atoms with Gasteiger partial charge in [0.15, 0.2) is 0 Å². The number of anilines is 1. The number of hydrogen-bond acceptors (Lipinski definition) is 5. The number of carboxylic acids is 1. The molecule has 0 radical (unpaired) electrons. The summed E-state index contributed by atoms with van der Waals surface area (Å²) in [7, 11) is 0. The third-order valence-corrected chi connectivity index (χ3v) is 1.80. The van der Waals surface area contributed by atoms with Gasteiger partial charge >= 0.3 is 12.3 Å². The highest BCUT2D eigenvalue weighted by Crippen LogP contribution is 2.28. The number of pyridine rings is 1. The molecular formula is C8H8F3N3O3. The minimum absolute atomic E-state index is 0.285. The topological polar surface area (TPSA) is 111 Å². The van der Waals surface area contributed by atoms with Crippen LogP contribution in [0.15, 0.2) is 6.20 Å². The maximum Gasteiger partial charge on any atom is 0.574 e. The number of halogens is 3. The second kappa shape index (κ2) is 4.45. The number of carbonyl (C=O) groups is 1. The molecule has 0 aromatic carbocycles. The summed E-state index contributed by atoms with van der Waals surface area (Å²) in [5.74, 6) is -2.41. The van der Waals surface area contributed by atoms with Crippen LogP contribution in [0.2, 0.25) is 0 Å². The van der Waals surface area contributed by atoms with Gasteiger partial charge in [-0.05, 0) is 0 Å².